The molecule has 2 aliphatic heterocycles. The number of piperidine rings is 1. The van der Waals surface area contributed by atoms with E-state index in [2.05, 4.69) is 45.2 Å². The zero-order valence-corrected chi connectivity index (χ0v) is 21.1. The van der Waals surface area contributed by atoms with Gasteiger partial charge in [0, 0.05) is 57.6 Å². The second-order valence-corrected chi connectivity index (χ2v) is 8.82. The molecule has 2 fully saturated rings. The third-order valence-corrected chi connectivity index (χ3v) is 6.29. The summed E-state index contributed by atoms with van der Waals surface area (Å²) in [5, 5.41) is 6.47. The Morgan fingerprint density at radius 3 is 2.64 bits per heavy atom. The molecule has 0 spiro atoms. The van der Waals surface area contributed by atoms with E-state index >= 15 is 0 Å². The summed E-state index contributed by atoms with van der Waals surface area (Å²) in [7, 11) is 1.85. The zero-order chi connectivity index (χ0) is 25.9. The third-order valence-electron chi connectivity index (χ3n) is 6.29. The number of nitrogens with zero attached hydrogens (tertiary/aromatic N) is 5. The summed E-state index contributed by atoms with van der Waals surface area (Å²) in [6, 6.07) is 3.80. The summed E-state index contributed by atoms with van der Waals surface area (Å²) in [5.74, 6) is 0.337. The molecule has 2 N–H and O–H groups in total. The molecule has 1 unspecified atom stereocenters. The number of hydrogen-bond acceptors (Lipinski definition) is 7. The van der Waals surface area contributed by atoms with Gasteiger partial charge in [-0.3, -0.25) is 14.6 Å². The van der Waals surface area contributed by atoms with Gasteiger partial charge in [0.1, 0.15) is 17.7 Å². The maximum absolute atomic E-state index is 13.0. The number of likely N-dealkylation sites (tertiary alicyclic amines) is 1. The van der Waals surface area contributed by atoms with E-state index in [9.17, 15) is 9.59 Å². The van der Waals surface area contributed by atoms with E-state index in [0.717, 1.165) is 31.6 Å². The molecule has 1 atom stereocenters. The number of hydrogen-bond donors (Lipinski definition) is 2. The van der Waals surface area contributed by atoms with Crippen LogP contribution in [-0.2, 0) is 9.53 Å². The van der Waals surface area contributed by atoms with E-state index in [1.807, 2.05) is 18.0 Å². The van der Waals surface area contributed by atoms with Gasteiger partial charge in [0.05, 0.1) is 19.6 Å². The van der Waals surface area contributed by atoms with Crippen LogP contribution in [0.5, 0.6) is 0 Å². The van der Waals surface area contributed by atoms with Gasteiger partial charge in [-0.05, 0) is 31.1 Å². The number of nitrogens with one attached hydrogen (secondary N) is 2. The highest BCUT2D eigenvalue weighted by Gasteiger charge is 2.22. The van der Waals surface area contributed by atoms with Crippen molar-refractivity contribution in [3.8, 4) is 0 Å². The van der Waals surface area contributed by atoms with Crippen LogP contribution in [0.1, 0.15) is 29.8 Å². The standard InChI is InChI=1S/C26H37N7O3/c1-5-7-24(31(4)19-28-20(3)32-14-16-36-17-15-32)30-26(35)23-18-22(8-11-27-23)29-21-9-12-33(13-10-21)25(34)6-2/h5-6,8,11,18-19,21,24H,1-3,7,9-10,12-17H2,4H3,(H,27,29)(H,30,35)/b28-19-. The molecule has 0 aromatic carbocycles. The number of ether oxygens (including phenoxy) is 1. The fraction of sp³-hybridized carbons (Fsp3) is 0.462. The fourth-order valence-corrected chi connectivity index (χ4v) is 4.10. The van der Waals surface area contributed by atoms with Gasteiger partial charge in [-0.1, -0.05) is 19.2 Å². The number of morpholine rings is 1. The number of pyridine rings is 1. The summed E-state index contributed by atoms with van der Waals surface area (Å²) in [6.07, 6.45) is 8.22. The van der Waals surface area contributed by atoms with E-state index in [4.69, 9.17) is 4.74 Å². The number of carbonyl (C=O) groups excluding carboxylic acids is 2. The lowest BCUT2D eigenvalue weighted by molar-refractivity contribution is -0.126. The first-order chi connectivity index (χ1) is 17.4. The predicted octanol–water partition coefficient (Wildman–Crippen LogP) is 2.07. The number of rotatable bonds is 11. The normalized spacial score (nSPS) is 17.4. The average molecular weight is 496 g/mol. The van der Waals surface area contributed by atoms with Crippen molar-refractivity contribution in [2.45, 2.75) is 31.5 Å². The number of aromatic nitrogens is 1. The van der Waals surface area contributed by atoms with Crippen molar-refractivity contribution in [2.75, 3.05) is 51.8 Å². The third kappa shape index (κ3) is 7.67. The van der Waals surface area contributed by atoms with Crippen LogP contribution in [-0.4, -0.2) is 96.5 Å². The summed E-state index contributed by atoms with van der Waals surface area (Å²) in [4.78, 5) is 39.2. The van der Waals surface area contributed by atoms with Crippen molar-refractivity contribution in [1.29, 1.82) is 0 Å². The Labute approximate surface area is 213 Å². The Bertz CT molecular complexity index is 966. The van der Waals surface area contributed by atoms with Crippen molar-refractivity contribution in [3.63, 3.8) is 0 Å². The maximum atomic E-state index is 13.0. The molecule has 3 rings (SSSR count). The molecule has 2 aliphatic rings. The molecule has 3 heterocycles. The Hall–Kier alpha value is -3.66. The monoisotopic (exact) mass is 495 g/mol. The van der Waals surface area contributed by atoms with Gasteiger partial charge >= 0.3 is 0 Å². The van der Waals surface area contributed by atoms with Crippen molar-refractivity contribution < 1.29 is 14.3 Å². The largest absolute Gasteiger partial charge is 0.382 e. The molecule has 0 saturated carbocycles. The van der Waals surface area contributed by atoms with E-state index in [0.29, 0.717) is 44.2 Å². The highest BCUT2D eigenvalue weighted by Crippen LogP contribution is 2.17. The molecule has 1 aromatic rings. The molecular formula is C26H37N7O3. The number of aliphatic imine (C=N–C) groups is 1. The minimum absolute atomic E-state index is 0.0363. The number of amides is 2. The van der Waals surface area contributed by atoms with E-state index in [1.165, 1.54) is 6.08 Å². The van der Waals surface area contributed by atoms with Crippen LogP contribution in [0.4, 0.5) is 5.69 Å². The Morgan fingerprint density at radius 2 is 1.97 bits per heavy atom. The predicted molar refractivity (Wildman–Crippen MR) is 142 cm³/mol. The second kappa shape index (κ2) is 13.4. The summed E-state index contributed by atoms with van der Waals surface area (Å²) in [6.45, 7) is 15.6. The van der Waals surface area contributed by atoms with Crippen molar-refractivity contribution >= 4 is 23.8 Å². The molecule has 36 heavy (non-hydrogen) atoms. The topological polar surface area (TPSA) is 102 Å². The van der Waals surface area contributed by atoms with Crippen LogP contribution in [0, 0.1) is 0 Å². The van der Waals surface area contributed by atoms with E-state index in [1.54, 1.807) is 29.6 Å². The van der Waals surface area contributed by atoms with Crippen molar-refractivity contribution in [3.05, 3.63) is 61.7 Å². The SMILES string of the molecule is C=CCC(NC(=O)c1cc(NC2CCN(C(=O)C=C)CC2)ccn1)N(C)/C=N\C(=C)N1CCOCC1. The molecule has 0 aliphatic carbocycles. The number of carbonyl (C=O) groups is 2. The van der Waals surface area contributed by atoms with Crippen molar-refractivity contribution in [2.24, 2.45) is 4.99 Å². The van der Waals surface area contributed by atoms with Crippen molar-refractivity contribution in [1.82, 2.24) is 25.0 Å². The molecule has 2 saturated heterocycles. The molecule has 0 radical (unpaired) electrons. The van der Waals surface area contributed by atoms with E-state index in [-0.39, 0.29) is 24.0 Å². The highest BCUT2D eigenvalue weighted by atomic mass is 16.5. The maximum Gasteiger partial charge on any atom is 0.271 e. The van der Waals surface area contributed by atoms with Gasteiger partial charge < -0.3 is 30.1 Å². The molecule has 10 nitrogen and oxygen atoms in total. The molecule has 10 heteroatoms. The lowest BCUT2D eigenvalue weighted by atomic mass is 10.0. The number of anilines is 1. The van der Waals surface area contributed by atoms with Gasteiger partial charge in [0.15, 0.2) is 0 Å². The van der Waals surface area contributed by atoms with Gasteiger partial charge in [-0.15, -0.1) is 6.58 Å². The summed E-state index contributed by atoms with van der Waals surface area (Å²) in [5.41, 5.74) is 1.14. The molecule has 0 bridgehead atoms. The fourth-order valence-electron chi connectivity index (χ4n) is 4.10. The molecule has 194 valence electrons. The summed E-state index contributed by atoms with van der Waals surface area (Å²) >= 11 is 0. The van der Waals surface area contributed by atoms with Crippen LogP contribution in [0.15, 0.2) is 61.0 Å². The van der Waals surface area contributed by atoms with Gasteiger partial charge in [-0.2, -0.15) is 0 Å². The zero-order valence-electron chi connectivity index (χ0n) is 21.1. The lowest BCUT2D eigenvalue weighted by Gasteiger charge is -2.32. The van der Waals surface area contributed by atoms with Crippen LogP contribution < -0.4 is 10.6 Å². The van der Waals surface area contributed by atoms with Crippen LogP contribution in [0.25, 0.3) is 0 Å². The highest BCUT2D eigenvalue weighted by molar-refractivity contribution is 5.93. The van der Waals surface area contributed by atoms with Gasteiger partial charge in [0.2, 0.25) is 5.91 Å². The first-order valence-electron chi connectivity index (χ1n) is 12.2. The Morgan fingerprint density at radius 1 is 1.25 bits per heavy atom. The van der Waals surface area contributed by atoms with Crippen LogP contribution >= 0.6 is 0 Å². The first-order valence-corrected chi connectivity index (χ1v) is 12.2. The smallest absolute Gasteiger partial charge is 0.271 e. The Balaban J connectivity index is 1.56. The Kier molecular flexibility index (Phi) is 10.1. The van der Waals surface area contributed by atoms with Gasteiger partial charge in [-0.25, -0.2) is 4.99 Å². The second-order valence-electron chi connectivity index (χ2n) is 8.82. The quantitative estimate of drug-likeness (QED) is 0.159. The molecular weight excluding hydrogens is 458 g/mol. The molecule has 2 amide bonds. The van der Waals surface area contributed by atoms with Crippen LogP contribution in [0.3, 0.4) is 0 Å². The molecule has 1 aromatic heterocycles. The minimum atomic E-state index is -0.346. The lowest BCUT2D eigenvalue weighted by Crippen LogP contribution is -2.46. The van der Waals surface area contributed by atoms with Crippen LogP contribution in [0.2, 0.25) is 0 Å². The van der Waals surface area contributed by atoms with Gasteiger partial charge in [0.25, 0.3) is 5.91 Å². The first kappa shape index (κ1) is 26.9. The summed E-state index contributed by atoms with van der Waals surface area (Å²) < 4.78 is 5.37. The van der Waals surface area contributed by atoms with E-state index < -0.39 is 0 Å². The minimum Gasteiger partial charge on any atom is -0.382 e. The average Bonchev–Trinajstić information content (AvgIpc) is 2.91.